The van der Waals surface area contributed by atoms with Gasteiger partial charge in [0.25, 0.3) is 0 Å². The van der Waals surface area contributed by atoms with Gasteiger partial charge in [-0.15, -0.1) is 0 Å². The van der Waals surface area contributed by atoms with Crippen molar-refractivity contribution in [2.24, 2.45) is 5.92 Å². The number of benzene rings is 2. The summed E-state index contributed by atoms with van der Waals surface area (Å²) in [6.07, 6.45) is 4.13. The average molecular weight is 470 g/mol. The zero-order chi connectivity index (χ0) is 22.6. The van der Waals surface area contributed by atoms with Gasteiger partial charge in [0.05, 0.1) is 5.92 Å². The van der Waals surface area contributed by atoms with Crippen molar-refractivity contribution in [3.63, 3.8) is 0 Å². The van der Waals surface area contributed by atoms with E-state index in [1.807, 2.05) is 30.3 Å². The normalized spacial score (nSPS) is 21.2. The third-order valence-electron chi connectivity index (χ3n) is 6.86. The van der Waals surface area contributed by atoms with Crippen LogP contribution in [0.25, 0.3) is 0 Å². The van der Waals surface area contributed by atoms with Crippen molar-refractivity contribution in [1.29, 1.82) is 0 Å². The second-order valence-corrected chi connectivity index (χ2v) is 9.74. The van der Waals surface area contributed by atoms with E-state index in [2.05, 4.69) is 27.2 Å². The lowest BCUT2D eigenvalue weighted by molar-refractivity contribution is -0.125. The summed E-state index contributed by atoms with van der Waals surface area (Å²) in [5, 5.41) is 4.13. The van der Waals surface area contributed by atoms with Crippen LogP contribution in [0.1, 0.15) is 24.8 Å². The molecule has 0 saturated carbocycles. The minimum absolute atomic E-state index is 0.00187. The number of anilines is 1. The Labute approximate surface area is 200 Å². The summed E-state index contributed by atoms with van der Waals surface area (Å²) in [7, 11) is 0. The molecule has 3 aliphatic rings. The fourth-order valence-electron chi connectivity index (χ4n) is 5.12. The Balaban J connectivity index is 1.24. The number of carbonyl (C=O) groups is 1. The number of halogens is 1. The Hall–Kier alpha value is -2.44. The lowest BCUT2D eigenvalue weighted by Crippen LogP contribution is -2.46. The van der Waals surface area contributed by atoms with E-state index in [9.17, 15) is 4.79 Å². The van der Waals surface area contributed by atoms with E-state index in [-0.39, 0.29) is 17.9 Å². The highest BCUT2D eigenvalue weighted by atomic mass is 35.5. The molecule has 2 aromatic carbocycles. The first-order chi connectivity index (χ1) is 16.1. The molecule has 0 radical (unpaired) electrons. The summed E-state index contributed by atoms with van der Waals surface area (Å²) in [5.41, 5.74) is 2.29. The van der Waals surface area contributed by atoms with Crippen LogP contribution < -0.4 is 19.7 Å². The minimum atomic E-state index is 0.00187. The van der Waals surface area contributed by atoms with Gasteiger partial charge in [-0.25, -0.2) is 0 Å². The van der Waals surface area contributed by atoms with Gasteiger partial charge in [-0.3, -0.25) is 4.79 Å². The smallest absolute Gasteiger partial charge is 0.225 e. The minimum Gasteiger partial charge on any atom is -0.486 e. The van der Waals surface area contributed by atoms with Crippen LogP contribution >= 0.6 is 11.6 Å². The number of fused-ring (bicyclic) bond motifs is 1. The molecule has 2 aromatic rings. The number of nitrogens with one attached hydrogen (secondary N) is 1. The summed E-state index contributed by atoms with van der Waals surface area (Å²) < 4.78 is 11.4. The SMILES string of the molecule is O=C(NC(Cc1ccc2c(c1)OCCO2)CN1CCCC1)[C@@H]1CCN(c2ccc(Cl)cc2)C1. The van der Waals surface area contributed by atoms with Crippen molar-refractivity contribution in [2.75, 3.05) is 50.8 Å². The van der Waals surface area contributed by atoms with E-state index >= 15 is 0 Å². The van der Waals surface area contributed by atoms with Crippen molar-refractivity contribution in [3.05, 3.63) is 53.1 Å². The molecule has 5 rings (SSSR count). The highest BCUT2D eigenvalue weighted by molar-refractivity contribution is 6.30. The number of nitrogens with zero attached hydrogens (tertiary/aromatic N) is 2. The molecular weight excluding hydrogens is 438 g/mol. The van der Waals surface area contributed by atoms with Crippen molar-refractivity contribution in [2.45, 2.75) is 31.7 Å². The Morgan fingerprint density at radius 1 is 1.03 bits per heavy atom. The molecule has 33 heavy (non-hydrogen) atoms. The summed E-state index contributed by atoms with van der Waals surface area (Å²) in [4.78, 5) is 18.0. The number of amides is 1. The van der Waals surface area contributed by atoms with Gasteiger partial charge in [0.1, 0.15) is 13.2 Å². The molecule has 0 aromatic heterocycles. The van der Waals surface area contributed by atoms with Crippen LogP contribution in [0.3, 0.4) is 0 Å². The molecule has 3 aliphatic heterocycles. The number of hydrogen-bond donors (Lipinski definition) is 1. The predicted octanol–water partition coefficient (Wildman–Crippen LogP) is 3.76. The third kappa shape index (κ3) is 5.56. The first kappa shape index (κ1) is 22.4. The molecule has 1 amide bonds. The van der Waals surface area contributed by atoms with Crippen LogP contribution in [0.2, 0.25) is 5.02 Å². The first-order valence-corrected chi connectivity index (χ1v) is 12.4. The maximum atomic E-state index is 13.3. The molecule has 0 bridgehead atoms. The predicted molar refractivity (Wildman–Crippen MR) is 131 cm³/mol. The Morgan fingerprint density at radius 3 is 2.58 bits per heavy atom. The van der Waals surface area contributed by atoms with Crippen LogP contribution in [0, 0.1) is 5.92 Å². The van der Waals surface area contributed by atoms with Gasteiger partial charge in [0.2, 0.25) is 5.91 Å². The zero-order valence-electron chi connectivity index (χ0n) is 19.0. The van der Waals surface area contributed by atoms with E-state index in [0.717, 1.165) is 73.3 Å². The van der Waals surface area contributed by atoms with Gasteiger partial charge in [-0.2, -0.15) is 0 Å². The molecule has 1 N–H and O–H groups in total. The second-order valence-electron chi connectivity index (χ2n) is 9.30. The average Bonchev–Trinajstić information content (AvgIpc) is 3.52. The van der Waals surface area contributed by atoms with Gasteiger partial charge in [-0.05, 0) is 80.7 Å². The van der Waals surface area contributed by atoms with E-state index in [4.69, 9.17) is 21.1 Å². The van der Waals surface area contributed by atoms with Crippen molar-refractivity contribution in [3.8, 4) is 11.5 Å². The number of hydrogen-bond acceptors (Lipinski definition) is 5. The maximum Gasteiger partial charge on any atom is 0.225 e. The van der Waals surface area contributed by atoms with Crippen molar-refractivity contribution < 1.29 is 14.3 Å². The molecule has 2 atom stereocenters. The maximum absolute atomic E-state index is 13.3. The molecule has 6 nitrogen and oxygen atoms in total. The van der Waals surface area contributed by atoms with Crippen LogP contribution in [0.15, 0.2) is 42.5 Å². The number of ether oxygens (including phenoxy) is 2. The van der Waals surface area contributed by atoms with Crippen LogP contribution in [0.5, 0.6) is 11.5 Å². The Morgan fingerprint density at radius 2 is 1.79 bits per heavy atom. The topological polar surface area (TPSA) is 54.0 Å². The van der Waals surface area contributed by atoms with Crippen LogP contribution in [-0.4, -0.2) is 62.8 Å². The van der Waals surface area contributed by atoms with E-state index < -0.39 is 0 Å². The van der Waals surface area contributed by atoms with Gasteiger partial charge in [0, 0.05) is 36.4 Å². The molecule has 3 heterocycles. The molecule has 2 saturated heterocycles. The Kier molecular flexibility index (Phi) is 6.93. The number of likely N-dealkylation sites (tertiary alicyclic amines) is 1. The van der Waals surface area contributed by atoms with Gasteiger partial charge in [0.15, 0.2) is 11.5 Å². The van der Waals surface area contributed by atoms with Crippen LogP contribution in [-0.2, 0) is 11.2 Å². The van der Waals surface area contributed by atoms with Gasteiger partial charge < -0.3 is 24.6 Å². The molecule has 0 aliphatic carbocycles. The molecule has 0 spiro atoms. The summed E-state index contributed by atoms with van der Waals surface area (Å²) in [6.45, 7) is 5.91. The molecule has 1 unspecified atom stereocenters. The van der Waals surface area contributed by atoms with E-state index in [1.54, 1.807) is 0 Å². The molecular formula is C26H32ClN3O3. The second kappa shape index (κ2) is 10.2. The fourth-order valence-corrected chi connectivity index (χ4v) is 5.24. The standard InChI is InChI=1S/C26H32ClN3O3/c27-21-4-6-23(7-5-21)30-12-9-20(17-30)26(31)28-22(18-29-10-1-2-11-29)15-19-3-8-24-25(16-19)33-14-13-32-24/h3-8,16,20,22H,1-2,9-15,17-18H2,(H,28,31)/t20-,22?/m1/s1. The zero-order valence-corrected chi connectivity index (χ0v) is 19.7. The monoisotopic (exact) mass is 469 g/mol. The van der Waals surface area contributed by atoms with Gasteiger partial charge >= 0.3 is 0 Å². The summed E-state index contributed by atoms with van der Waals surface area (Å²) >= 11 is 6.03. The lowest BCUT2D eigenvalue weighted by Gasteiger charge is -2.27. The van der Waals surface area contributed by atoms with Crippen molar-refractivity contribution in [1.82, 2.24) is 10.2 Å². The highest BCUT2D eigenvalue weighted by Crippen LogP contribution is 2.31. The first-order valence-electron chi connectivity index (χ1n) is 12.1. The molecule has 176 valence electrons. The largest absolute Gasteiger partial charge is 0.486 e. The lowest BCUT2D eigenvalue weighted by atomic mass is 10.0. The van der Waals surface area contributed by atoms with E-state index in [1.165, 1.54) is 12.8 Å². The summed E-state index contributed by atoms with van der Waals surface area (Å²) in [6, 6.07) is 14.1. The molecule has 7 heteroatoms. The molecule has 2 fully saturated rings. The third-order valence-corrected chi connectivity index (χ3v) is 7.12. The number of rotatable bonds is 7. The highest BCUT2D eigenvalue weighted by Gasteiger charge is 2.30. The quantitative estimate of drug-likeness (QED) is 0.669. The fraction of sp³-hybridized carbons (Fsp3) is 0.500. The Bertz CT molecular complexity index is 962. The summed E-state index contributed by atoms with van der Waals surface area (Å²) in [5.74, 6) is 1.77. The van der Waals surface area contributed by atoms with Crippen LogP contribution in [0.4, 0.5) is 5.69 Å². The van der Waals surface area contributed by atoms with Gasteiger partial charge in [-0.1, -0.05) is 17.7 Å². The van der Waals surface area contributed by atoms with E-state index in [0.29, 0.717) is 13.2 Å². The van der Waals surface area contributed by atoms with Crippen molar-refractivity contribution >= 4 is 23.2 Å². The number of carbonyl (C=O) groups excluding carboxylic acids is 1.